The van der Waals surface area contributed by atoms with Crippen LogP contribution < -0.4 is 0 Å². The number of aryl methyl sites for hydroxylation is 1. The molecule has 0 bridgehead atoms. The van der Waals surface area contributed by atoms with Crippen LogP contribution in [0.2, 0.25) is 0 Å². The van der Waals surface area contributed by atoms with E-state index in [9.17, 15) is 0 Å². The normalized spacial score (nSPS) is 29.1. The summed E-state index contributed by atoms with van der Waals surface area (Å²) in [6, 6.07) is 1.38. The Kier molecular flexibility index (Phi) is 3.63. The highest BCUT2D eigenvalue weighted by molar-refractivity contribution is 4.96. The van der Waals surface area contributed by atoms with Gasteiger partial charge in [-0.2, -0.15) is 0 Å². The lowest BCUT2D eigenvalue weighted by Gasteiger charge is -2.45. The van der Waals surface area contributed by atoms with Gasteiger partial charge in [-0.1, -0.05) is 13.8 Å². The van der Waals surface area contributed by atoms with Gasteiger partial charge in [0, 0.05) is 25.2 Å². The number of piperazine rings is 1. The van der Waals surface area contributed by atoms with Gasteiger partial charge >= 0.3 is 0 Å². The SMILES string of the molecule is Cc1cnc(CN2CC3CCCN3CC2C(C)C)o1. The minimum Gasteiger partial charge on any atom is -0.445 e. The van der Waals surface area contributed by atoms with E-state index in [0.717, 1.165) is 24.2 Å². The molecule has 2 atom stereocenters. The fourth-order valence-electron chi connectivity index (χ4n) is 3.57. The van der Waals surface area contributed by atoms with Crippen molar-refractivity contribution < 1.29 is 4.42 Å². The first kappa shape index (κ1) is 13.1. The lowest BCUT2D eigenvalue weighted by atomic mass is 9.97. The maximum Gasteiger partial charge on any atom is 0.208 e. The number of nitrogens with zero attached hydrogens (tertiary/aromatic N) is 3. The monoisotopic (exact) mass is 263 g/mol. The summed E-state index contributed by atoms with van der Waals surface area (Å²) in [5, 5.41) is 0. The first-order valence-corrected chi connectivity index (χ1v) is 7.53. The molecule has 0 spiro atoms. The first-order valence-electron chi connectivity index (χ1n) is 7.53. The van der Waals surface area contributed by atoms with Gasteiger partial charge in [0.2, 0.25) is 5.89 Å². The minimum absolute atomic E-state index is 0.626. The predicted molar refractivity (Wildman–Crippen MR) is 74.9 cm³/mol. The van der Waals surface area contributed by atoms with Crippen molar-refractivity contribution >= 4 is 0 Å². The molecule has 106 valence electrons. The van der Waals surface area contributed by atoms with E-state index in [1.54, 1.807) is 0 Å². The molecule has 0 aliphatic carbocycles. The predicted octanol–water partition coefficient (Wildman–Crippen LogP) is 2.29. The second kappa shape index (κ2) is 5.25. The Morgan fingerprint density at radius 3 is 2.95 bits per heavy atom. The molecule has 0 radical (unpaired) electrons. The van der Waals surface area contributed by atoms with Gasteiger partial charge in [-0.3, -0.25) is 9.80 Å². The minimum atomic E-state index is 0.626. The molecular weight excluding hydrogens is 238 g/mol. The summed E-state index contributed by atoms with van der Waals surface area (Å²) in [6.45, 7) is 11.2. The molecule has 4 heteroatoms. The highest BCUT2D eigenvalue weighted by Crippen LogP contribution is 2.28. The zero-order valence-corrected chi connectivity index (χ0v) is 12.3. The summed E-state index contributed by atoms with van der Waals surface area (Å²) in [4.78, 5) is 9.64. The Bertz CT molecular complexity index is 429. The third-order valence-electron chi connectivity index (χ3n) is 4.61. The smallest absolute Gasteiger partial charge is 0.208 e. The van der Waals surface area contributed by atoms with E-state index >= 15 is 0 Å². The Labute approximate surface area is 115 Å². The third-order valence-corrected chi connectivity index (χ3v) is 4.61. The van der Waals surface area contributed by atoms with Crippen molar-refractivity contribution in [1.29, 1.82) is 0 Å². The van der Waals surface area contributed by atoms with Crippen molar-refractivity contribution in [2.75, 3.05) is 19.6 Å². The summed E-state index contributed by atoms with van der Waals surface area (Å²) in [5.74, 6) is 2.46. The summed E-state index contributed by atoms with van der Waals surface area (Å²) >= 11 is 0. The van der Waals surface area contributed by atoms with Crippen LogP contribution in [0.1, 0.15) is 38.3 Å². The molecular formula is C15H25N3O. The summed E-state index contributed by atoms with van der Waals surface area (Å²) in [5.41, 5.74) is 0. The first-order chi connectivity index (χ1) is 9.13. The average Bonchev–Trinajstić information content (AvgIpc) is 2.96. The highest BCUT2D eigenvalue weighted by Gasteiger charge is 2.37. The molecule has 0 aromatic carbocycles. The van der Waals surface area contributed by atoms with Gasteiger partial charge in [0.1, 0.15) is 5.76 Å². The van der Waals surface area contributed by atoms with Crippen LogP contribution in [0.4, 0.5) is 0 Å². The van der Waals surface area contributed by atoms with E-state index in [2.05, 4.69) is 28.6 Å². The quantitative estimate of drug-likeness (QED) is 0.837. The maximum absolute atomic E-state index is 5.66. The Morgan fingerprint density at radius 2 is 2.26 bits per heavy atom. The van der Waals surface area contributed by atoms with Crippen molar-refractivity contribution in [2.45, 2.75) is 52.2 Å². The molecule has 0 amide bonds. The van der Waals surface area contributed by atoms with Crippen LogP contribution in [0.3, 0.4) is 0 Å². The molecule has 19 heavy (non-hydrogen) atoms. The van der Waals surface area contributed by atoms with Crippen molar-refractivity contribution in [3.05, 3.63) is 17.8 Å². The second-order valence-electron chi connectivity index (χ2n) is 6.40. The number of hydrogen-bond acceptors (Lipinski definition) is 4. The van der Waals surface area contributed by atoms with Crippen molar-refractivity contribution in [2.24, 2.45) is 5.92 Å². The summed E-state index contributed by atoms with van der Waals surface area (Å²) in [7, 11) is 0. The number of hydrogen-bond donors (Lipinski definition) is 0. The van der Waals surface area contributed by atoms with Crippen LogP contribution in [0.5, 0.6) is 0 Å². The number of rotatable bonds is 3. The zero-order valence-electron chi connectivity index (χ0n) is 12.3. The van der Waals surface area contributed by atoms with Crippen molar-refractivity contribution in [1.82, 2.24) is 14.8 Å². The van der Waals surface area contributed by atoms with Crippen molar-refractivity contribution in [3.63, 3.8) is 0 Å². The fourth-order valence-corrected chi connectivity index (χ4v) is 3.57. The lowest BCUT2D eigenvalue weighted by Crippen LogP contribution is -2.57. The third kappa shape index (κ3) is 2.70. The van der Waals surface area contributed by atoms with Crippen LogP contribution in [0, 0.1) is 12.8 Å². The molecule has 2 fully saturated rings. The Morgan fingerprint density at radius 1 is 1.42 bits per heavy atom. The van der Waals surface area contributed by atoms with Gasteiger partial charge in [-0.05, 0) is 32.2 Å². The number of oxazole rings is 1. The molecule has 2 aliphatic rings. The molecule has 2 saturated heterocycles. The average molecular weight is 263 g/mol. The molecule has 1 aromatic heterocycles. The summed E-state index contributed by atoms with van der Waals surface area (Å²) in [6.07, 6.45) is 4.54. The lowest BCUT2D eigenvalue weighted by molar-refractivity contribution is 0.0187. The number of fused-ring (bicyclic) bond motifs is 1. The topological polar surface area (TPSA) is 32.5 Å². The molecule has 0 saturated carbocycles. The zero-order chi connectivity index (χ0) is 13.4. The largest absolute Gasteiger partial charge is 0.445 e. The molecule has 0 N–H and O–H groups in total. The molecule has 2 aliphatic heterocycles. The van der Waals surface area contributed by atoms with Gasteiger partial charge in [0.15, 0.2) is 0 Å². The molecule has 2 unspecified atom stereocenters. The summed E-state index contributed by atoms with van der Waals surface area (Å²) < 4.78 is 5.66. The maximum atomic E-state index is 5.66. The van der Waals surface area contributed by atoms with Crippen LogP contribution in [-0.4, -0.2) is 46.5 Å². The van der Waals surface area contributed by atoms with E-state index < -0.39 is 0 Å². The molecule has 3 heterocycles. The van der Waals surface area contributed by atoms with Gasteiger partial charge in [0.05, 0.1) is 12.7 Å². The van der Waals surface area contributed by atoms with E-state index in [1.165, 1.54) is 32.5 Å². The van der Waals surface area contributed by atoms with Crippen LogP contribution >= 0.6 is 0 Å². The molecule has 4 nitrogen and oxygen atoms in total. The Hall–Kier alpha value is -0.870. The van der Waals surface area contributed by atoms with E-state index in [4.69, 9.17) is 4.42 Å². The van der Waals surface area contributed by atoms with E-state index in [0.29, 0.717) is 12.0 Å². The van der Waals surface area contributed by atoms with Gasteiger partial charge in [0.25, 0.3) is 0 Å². The fraction of sp³-hybridized carbons (Fsp3) is 0.800. The van der Waals surface area contributed by atoms with E-state index in [1.807, 2.05) is 13.1 Å². The van der Waals surface area contributed by atoms with Gasteiger partial charge < -0.3 is 4.42 Å². The number of aromatic nitrogens is 1. The Balaban J connectivity index is 1.73. The van der Waals surface area contributed by atoms with Crippen molar-refractivity contribution in [3.8, 4) is 0 Å². The van der Waals surface area contributed by atoms with E-state index in [-0.39, 0.29) is 0 Å². The van der Waals surface area contributed by atoms with Crippen LogP contribution in [-0.2, 0) is 6.54 Å². The van der Waals surface area contributed by atoms with Crippen LogP contribution in [0.15, 0.2) is 10.6 Å². The highest BCUT2D eigenvalue weighted by atomic mass is 16.4. The molecule has 1 aromatic rings. The van der Waals surface area contributed by atoms with Crippen LogP contribution in [0.25, 0.3) is 0 Å². The van der Waals surface area contributed by atoms with Gasteiger partial charge in [-0.25, -0.2) is 4.98 Å². The molecule has 3 rings (SSSR count). The van der Waals surface area contributed by atoms with Gasteiger partial charge in [-0.15, -0.1) is 0 Å². The standard InChI is InChI=1S/C15H25N3O/c1-11(2)14-9-17-6-4-5-13(17)8-18(14)10-15-16-7-12(3)19-15/h7,11,13-14H,4-6,8-10H2,1-3H3. The second-order valence-corrected chi connectivity index (χ2v) is 6.40.